The molecule has 0 bridgehead atoms. The molecule has 120 valence electrons. The zero-order valence-electron chi connectivity index (χ0n) is 12.5. The van der Waals surface area contributed by atoms with Crippen LogP contribution in [0.5, 0.6) is 0 Å². The van der Waals surface area contributed by atoms with Gasteiger partial charge in [-0.15, -0.1) is 24.0 Å². The smallest absolute Gasteiger partial charge is 0.188 e. The van der Waals surface area contributed by atoms with Gasteiger partial charge in [-0.1, -0.05) is 6.07 Å². The Bertz CT molecular complexity index is 376. The molecule has 0 amide bonds. The summed E-state index contributed by atoms with van der Waals surface area (Å²) in [6.45, 7) is 3.32. The first-order chi connectivity index (χ1) is 9.83. The standard InChI is InChI=1S/C14H24N4O2.HI/c1-19-11-12-20-10-4-8-17-14(15)18-9-6-13-5-2-3-7-16-13;/h2-3,5,7H,4,6,8-12H2,1H3,(H3,15,17,18);1H. The van der Waals surface area contributed by atoms with Gasteiger partial charge in [-0.2, -0.15) is 0 Å². The molecule has 1 aromatic heterocycles. The number of nitrogens with two attached hydrogens (primary N) is 1. The van der Waals surface area contributed by atoms with Gasteiger partial charge in [0.05, 0.1) is 13.2 Å². The van der Waals surface area contributed by atoms with Crippen molar-refractivity contribution in [2.24, 2.45) is 10.7 Å². The molecule has 0 saturated carbocycles. The average molecular weight is 408 g/mol. The molecule has 3 N–H and O–H groups in total. The second-order valence-electron chi connectivity index (χ2n) is 4.22. The van der Waals surface area contributed by atoms with Gasteiger partial charge in [-0.25, -0.2) is 0 Å². The largest absolute Gasteiger partial charge is 0.382 e. The molecule has 0 fully saturated rings. The lowest BCUT2D eigenvalue weighted by Crippen LogP contribution is -2.33. The molecule has 0 aliphatic carbocycles. The Morgan fingerprint density at radius 1 is 1.33 bits per heavy atom. The number of pyridine rings is 1. The summed E-state index contributed by atoms with van der Waals surface area (Å²) < 4.78 is 10.2. The molecule has 1 rings (SSSR count). The van der Waals surface area contributed by atoms with Crippen molar-refractivity contribution in [1.29, 1.82) is 0 Å². The quantitative estimate of drug-likeness (QED) is 0.263. The number of methoxy groups -OCH3 is 1. The number of rotatable bonds is 10. The van der Waals surface area contributed by atoms with Gasteiger partial charge in [0.25, 0.3) is 0 Å². The fraction of sp³-hybridized carbons (Fsp3) is 0.571. The van der Waals surface area contributed by atoms with Crippen LogP contribution in [0.2, 0.25) is 0 Å². The van der Waals surface area contributed by atoms with Crippen molar-refractivity contribution >= 4 is 29.9 Å². The van der Waals surface area contributed by atoms with Crippen LogP contribution in [0.4, 0.5) is 0 Å². The molecule has 0 radical (unpaired) electrons. The first-order valence-electron chi connectivity index (χ1n) is 6.83. The summed E-state index contributed by atoms with van der Waals surface area (Å²) in [6, 6.07) is 5.87. The van der Waals surface area contributed by atoms with E-state index in [1.807, 2.05) is 18.2 Å². The number of hydrogen-bond donors (Lipinski definition) is 2. The van der Waals surface area contributed by atoms with Crippen molar-refractivity contribution in [3.05, 3.63) is 30.1 Å². The van der Waals surface area contributed by atoms with Crippen LogP contribution >= 0.6 is 24.0 Å². The Kier molecular flexibility index (Phi) is 13.4. The van der Waals surface area contributed by atoms with Gasteiger partial charge in [0.15, 0.2) is 5.96 Å². The number of aliphatic imine (C=N–C) groups is 1. The monoisotopic (exact) mass is 408 g/mol. The number of aromatic nitrogens is 1. The van der Waals surface area contributed by atoms with Gasteiger partial charge in [0.1, 0.15) is 0 Å². The van der Waals surface area contributed by atoms with Gasteiger partial charge in [0, 0.05) is 45.1 Å². The molecule has 1 heterocycles. The maximum atomic E-state index is 5.76. The molecular weight excluding hydrogens is 383 g/mol. The number of hydrogen-bond acceptors (Lipinski definition) is 4. The van der Waals surface area contributed by atoms with Crippen LogP contribution < -0.4 is 11.1 Å². The maximum absolute atomic E-state index is 5.76. The Hall–Kier alpha value is -0.930. The van der Waals surface area contributed by atoms with E-state index in [4.69, 9.17) is 15.2 Å². The van der Waals surface area contributed by atoms with Crippen molar-refractivity contribution in [2.75, 3.05) is 40.0 Å². The predicted octanol–water partition coefficient (Wildman–Crippen LogP) is 1.20. The molecule has 0 spiro atoms. The third kappa shape index (κ3) is 11.4. The van der Waals surface area contributed by atoms with Crippen molar-refractivity contribution in [3.8, 4) is 0 Å². The minimum atomic E-state index is 0. The van der Waals surface area contributed by atoms with E-state index in [-0.39, 0.29) is 24.0 Å². The fourth-order valence-electron chi connectivity index (χ4n) is 1.53. The summed E-state index contributed by atoms with van der Waals surface area (Å²) in [4.78, 5) is 8.46. The Morgan fingerprint density at radius 2 is 2.19 bits per heavy atom. The zero-order chi connectivity index (χ0) is 14.5. The number of halogens is 1. The topological polar surface area (TPSA) is 81.8 Å². The summed E-state index contributed by atoms with van der Waals surface area (Å²) in [5.41, 5.74) is 6.80. The molecule has 0 unspecified atom stereocenters. The maximum Gasteiger partial charge on any atom is 0.188 e. The Labute approximate surface area is 143 Å². The van der Waals surface area contributed by atoms with E-state index in [2.05, 4.69) is 15.3 Å². The highest BCUT2D eigenvalue weighted by Crippen LogP contribution is 1.92. The minimum Gasteiger partial charge on any atom is -0.382 e. The number of ether oxygens (including phenoxy) is 2. The molecule has 0 saturated heterocycles. The Balaban J connectivity index is 0.00000400. The van der Waals surface area contributed by atoms with Crippen LogP contribution in [0.1, 0.15) is 12.1 Å². The van der Waals surface area contributed by atoms with E-state index in [0.29, 0.717) is 32.3 Å². The average Bonchev–Trinajstić information content (AvgIpc) is 2.47. The van der Waals surface area contributed by atoms with Crippen LogP contribution in [0.15, 0.2) is 29.4 Å². The van der Waals surface area contributed by atoms with E-state index in [1.54, 1.807) is 13.3 Å². The van der Waals surface area contributed by atoms with Gasteiger partial charge in [-0.3, -0.25) is 9.98 Å². The van der Waals surface area contributed by atoms with Crippen LogP contribution in [0.25, 0.3) is 0 Å². The van der Waals surface area contributed by atoms with Crippen LogP contribution in [0.3, 0.4) is 0 Å². The first-order valence-corrected chi connectivity index (χ1v) is 6.83. The van der Waals surface area contributed by atoms with E-state index >= 15 is 0 Å². The second kappa shape index (κ2) is 14.0. The summed E-state index contributed by atoms with van der Waals surface area (Å²) in [6.07, 6.45) is 3.47. The van der Waals surface area contributed by atoms with Crippen molar-refractivity contribution in [2.45, 2.75) is 12.8 Å². The highest BCUT2D eigenvalue weighted by molar-refractivity contribution is 14.0. The number of nitrogens with zero attached hydrogens (tertiary/aromatic N) is 2. The molecule has 1 aromatic rings. The highest BCUT2D eigenvalue weighted by atomic mass is 127. The first kappa shape index (κ1) is 20.1. The molecular formula is C14H25IN4O2. The summed E-state index contributed by atoms with van der Waals surface area (Å²) in [5.74, 6) is 0.470. The second-order valence-corrected chi connectivity index (χ2v) is 4.22. The molecule has 0 atom stereocenters. The van der Waals surface area contributed by atoms with Gasteiger partial charge >= 0.3 is 0 Å². The molecule has 0 aromatic carbocycles. The third-order valence-electron chi connectivity index (χ3n) is 2.57. The minimum absolute atomic E-state index is 0. The predicted molar refractivity (Wildman–Crippen MR) is 95.2 cm³/mol. The number of nitrogens with one attached hydrogen (secondary N) is 1. The van der Waals surface area contributed by atoms with Gasteiger partial charge in [0.2, 0.25) is 0 Å². The SMILES string of the molecule is COCCOCCCN=C(N)NCCc1ccccn1.I. The lowest BCUT2D eigenvalue weighted by atomic mass is 10.3. The fourth-order valence-corrected chi connectivity index (χ4v) is 1.53. The normalized spacial score (nSPS) is 11.0. The van der Waals surface area contributed by atoms with E-state index in [0.717, 1.165) is 25.1 Å². The van der Waals surface area contributed by atoms with Crippen molar-refractivity contribution in [3.63, 3.8) is 0 Å². The highest BCUT2D eigenvalue weighted by Gasteiger charge is 1.95. The number of guanidine groups is 1. The molecule has 6 nitrogen and oxygen atoms in total. The van der Waals surface area contributed by atoms with Gasteiger partial charge in [-0.05, 0) is 18.6 Å². The summed E-state index contributed by atoms with van der Waals surface area (Å²) in [5, 5.41) is 3.07. The lowest BCUT2D eigenvalue weighted by Gasteiger charge is -2.05. The zero-order valence-corrected chi connectivity index (χ0v) is 14.8. The summed E-state index contributed by atoms with van der Waals surface area (Å²) >= 11 is 0. The van der Waals surface area contributed by atoms with Crippen LogP contribution in [-0.4, -0.2) is 51.0 Å². The van der Waals surface area contributed by atoms with Crippen LogP contribution in [-0.2, 0) is 15.9 Å². The molecule has 21 heavy (non-hydrogen) atoms. The molecule has 7 heteroatoms. The van der Waals surface area contributed by atoms with E-state index < -0.39 is 0 Å². The third-order valence-corrected chi connectivity index (χ3v) is 2.57. The molecule has 0 aliphatic rings. The van der Waals surface area contributed by atoms with E-state index in [9.17, 15) is 0 Å². The lowest BCUT2D eigenvalue weighted by molar-refractivity contribution is 0.0702. The summed E-state index contributed by atoms with van der Waals surface area (Å²) in [7, 11) is 1.66. The van der Waals surface area contributed by atoms with Crippen molar-refractivity contribution < 1.29 is 9.47 Å². The molecule has 0 aliphatic heterocycles. The van der Waals surface area contributed by atoms with E-state index in [1.165, 1.54) is 0 Å². The van der Waals surface area contributed by atoms with Crippen LogP contribution in [0, 0.1) is 0 Å². The van der Waals surface area contributed by atoms with Crippen molar-refractivity contribution in [1.82, 2.24) is 10.3 Å². The van der Waals surface area contributed by atoms with Gasteiger partial charge < -0.3 is 20.5 Å². The Morgan fingerprint density at radius 3 is 2.90 bits per heavy atom.